The van der Waals surface area contributed by atoms with Crippen molar-refractivity contribution in [2.45, 2.75) is 12.8 Å². The summed E-state index contributed by atoms with van der Waals surface area (Å²) in [6.45, 7) is 1.66. The third kappa shape index (κ3) is 3.88. The van der Waals surface area contributed by atoms with Crippen LogP contribution in [0.3, 0.4) is 0 Å². The van der Waals surface area contributed by atoms with Gasteiger partial charge in [-0.15, -0.1) is 0 Å². The zero-order chi connectivity index (χ0) is 18.0. The highest BCUT2D eigenvalue weighted by Gasteiger charge is 2.29. The molecule has 0 radical (unpaired) electrons. The number of nitrogens with zero attached hydrogens (tertiary/aromatic N) is 2. The molecule has 0 unspecified atom stereocenters. The molecule has 0 saturated carbocycles. The van der Waals surface area contributed by atoms with Crippen molar-refractivity contribution in [2.75, 3.05) is 40.5 Å². The maximum absolute atomic E-state index is 12.3. The van der Waals surface area contributed by atoms with E-state index in [4.69, 9.17) is 9.47 Å². The lowest BCUT2D eigenvalue weighted by Crippen LogP contribution is -2.45. The Hall–Kier alpha value is -1.84. The summed E-state index contributed by atoms with van der Waals surface area (Å²) >= 11 is 0. The van der Waals surface area contributed by atoms with E-state index in [2.05, 4.69) is 5.32 Å². The van der Waals surface area contributed by atoms with Gasteiger partial charge in [0.15, 0.2) is 11.5 Å². The molecular formula is C16H23N3O5S. The zero-order valence-corrected chi connectivity index (χ0v) is 15.2. The van der Waals surface area contributed by atoms with Crippen LogP contribution in [-0.2, 0) is 10.2 Å². The Morgan fingerprint density at radius 1 is 1.24 bits per heavy atom. The van der Waals surface area contributed by atoms with E-state index in [9.17, 15) is 13.2 Å². The quantitative estimate of drug-likeness (QED) is 0.824. The van der Waals surface area contributed by atoms with E-state index in [0.29, 0.717) is 36.7 Å². The van der Waals surface area contributed by atoms with E-state index in [-0.39, 0.29) is 18.6 Å². The predicted octanol–water partition coefficient (Wildman–Crippen LogP) is 0.663. The molecule has 1 amide bonds. The lowest BCUT2D eigenvalue weighted by Gasteiger charge is -2.32. The number of benzene rings is 1. The summed E-state index contributed by atoms with van der Waals surface area (Å²) in [5.41, 5.74) is 0.525. The molecule has 25 heavy (non-hydrogen) atoms. The highest BCUT2D eigenvalue weighted by molar-refractivity contribution is 7.86. The molecule has 1 saturated heterocycles. The topological polar surface area (TPSA) is 88.2 Å². The number of fused-ring (bicyclic) bond motifs is 1. The molecule has 1 aromatic carbocycles. The van der Waals surface area contributed by atoms with Gasteiger partial charge < -0.3 is 14.8 Å². The van der Waals surface area contributed by atoms with Gasteiger partial charge in [0.05, 0.1) is 0 Å². The van der Waals surface area contributed by atoms with Gasteiger partial charge in [0.1, 0.15) is 0 Å². The number of hydrogen-bond donors (Lipinski definition) is 1. The van der Waals surface area contributed by atoms with E-state index >= 15 is 0 Å². The van der Waals surface area contributed by atoms with Crippen molar-refractivity contribution < 1.29 is 22.7 Å². The van der Waals surface area contributed by atoms with Gasteiger partial charge in [-0.3, -0.25) is 4.79 Å². The molecule has 0 aromatic heterocycles. The van der Waals surface area contributed by atoms with Gasteiger partial charge in [0, 0.05) is 39.3 Å². The minimum atomic E-state index is -3.35. The standard InChI is InChI=1S/C16H23N3O5S/c1-18(2)25(21,22)19-7-5-12(6-8-19)10-17-16(20)13-3-4-14-15(9-13)24-11-23-14/h3-4,9,12H,5-8,10-11H2,1-2H3,(H,17,20). The van der Waals surface area contributed by atoms with Crippen molar-refractivity contribution in [3.63, 3.8) is 0 Å². The van der Waals surface area contributed by atoms with Crippen LogP contribution in [0.25, 0.3) is 0 Å². The molecule has 3 rings (SSSR count). The van der Waals surface area contributed by atoms with Gasteiger partial charge in [-0.05, 0) is 37.0 Å². The molecule has 0 atom stereocenters. The van der Waals surface area contributed by atoms with Crippen LogP contribution in [0.15, 0.2) is 18.2 Å². The number of hydrogen-bond acceptors (Lipinski definition) is 5. The van der Waals surface area contributed by atoms with Crippen LogP contribution in [-0.4, -0.2) is 63.5 Å². The second-order valence-corrected chi connectivity index (χ2v) is 8.55. The summed E-state index contributed by atoms with van der Waals surface area (Å²) in [6.07, 6.45) is 1.46. The second-order valence-electron chi connectivity index (χ2n) is 6.41. The number of rotatable bonds is 5. The van der Waals surface area contributed by atoms with Crippen LogP contribution < -0.4 is 14.8 Å². The van der Waals surface area contributed by atoms with Crippen LogP contribution in [0, 0.1) is 5.92 Å². The van der Waals surface area contributed by atoms with Crippen molar-refractivity contribution in [3.05, 3.63) is 23.8 Å². The molecule has 0 bridgehead atoms. The molecular weight excluding hydrogens is 346 g/mol. The first-order valence-electron chi connectivity index (χ1n) is 8.23. The number of ether oxygens (including phenoxy) is 2. The molecule has 1 aromatic rings. The SMILES string of the molecule is CN(C)S(=O)(=O)N1CCC(CNC(=O)c2ccc3c(c2)OCO3)CC1. The van der Waals surface area contributed by atoms with Crippen LogP contribution in [0.4, 0.5) is 0 Å². The monoisotopic (exact) mass is 369 g/mol. The predicted molar refractivity (Wildman–Crippen MR) is 91.8 cm³/mol. The van der Waals surface area contributed by atoms with Crippen molar-refractivity contribution >= 4 is 16.1 Å². The third-order valence-corrected chi connectivity index (χ3v) is 6.49. The smallest absolute Gasteiger partial charge is 0.281 e. The van der Waals surface area contributed by atoms with Gasteiger partial charge in [-0.2, -0.15) is 17.0 Å². The number of amides is 1. The second kappa shape index (κ2) is 7.19. The molecule has 2 aliphatic heterocycles. The molecule has 2 aliphatic rings. The number of carbonyl (C=O) groups excluding carboxylic acids is 1. The summed E-state index contributed by atoms with van der Waals surface area (Å²) < 4.78 is 37.4. The summed E-state index contributed by atoms with van der Waals surface area (Å²) in [4.78, 5) is 12.3. The first-order chi connectivity index (χ1) is 11.9. The molecule has 0 spiro atoms. The zero-order valence-electron chi connectivity index (χ0n) is 14.4. The molecule has 138 valence electrons. The van der Waals surface area contributed by atoms with Crippen molar-refractivity contribution in [1.82, 2.24) is 13.9 Å². The van der Waals surface area contributed by atoms with Crippen LogP contribution >= 0.6 is 0 Å². The summed E-state index contributed by atoms with van der Waals surface area (Å²) in [7, 11) is -0.280. The average Bonchev–Trinajstić information content (AvgIpc) is 3.07. The molecule has 1 N–H and O–H groups in total. The van der Waals surface area contributed by atoms with Crippen molar-refractivity contribution in [1.29, 1.82) is 0 Å². The van der Waals surface area contributed by atoms with Gasteiger partial charge >= 0.3 is 0 Å². The van der Waals surface area contributed by atoms with E-state index in [1.54, 1.807) is 18.2 Å². The van der Waals surface area contributed by atoms with Gasteiger partial charge in [-0.1, -0.05) is 0 Å². The Morgan fingerprint density at radius 2 is 1.92 bits per heavy atom. The number of nitrogens with one attached hydrogen (secondary N) is 1. The van der Waals surface area contributed by atoms with Gasteiger partial charge in [0.2, 0.25) is 6.79 Å². The highest BCUT2D eigenvalue weighted by Crippen LogP contribution is 2.32. The Labute approximate surface area is 147 Å². The lowest BCUT2D eigenvalue weighted by molar-refractivity contribution is 0.0941. The van der Waals surface area contributed by atoms with E-state index in [0.717, 1.165) is 12.8 Å². The fourth-order valence-electron chi connectivity index (χ4n) is 2.95. The van der Waals surface area contributed by atoms with Crippen LogP contribution in [0.1, 0.15) is 23.2 Å². The van der Waals surface area contributed by atoms with E-state index < -0.39 is 10.2 Å². The fraction of sp³-hybridized carbons (Fsp3) is 0.562. The van der Waals surface area contributed by atoms with E-state index in [1.807, 2.05) is 0 Å². The largest absolute Gasteiger partial charge is 0.454 e. The van der Waals surface area contributed by atoms with Crippen molar-refractivity contribution in [3.8, 4) is 11.5 Å². The van der Waals surface area contributed by atoms with Crippen LogP contribution in [0.5, 0.6) is 11.5 Å². The molecule has 9 heteroatoms. The highest BCUT2D eigenvalue weighted by atomic mass is 32.2. The average molecular weight is 369 g/mol. The summed E-state index contributed by atoms with van der Waals surface area (Å²) in [6, 6.07) is 5.10. The van der Waals surface area contributed by atoms with Gasteiger partial charge in [-0.25, -0.2) is 0 Å². The fourth-order valence-corrected chi connectivity index (χ4v) is 4.09. The Balaban J connectivity index is 1.49. The maximum atomic E-state index is 12.3. The van der Waals surface area contributed by atoms with Gasteiger partial charge in [0.25, 0.3) is 16.1 Å². The Bertz CT molecular complexity index is 742. The minimum Gasteiger partial charge on any atom is -0.454 e. The summed E-state index contributed by atoms with van der Waals surface area (Å²) in [5, 5.41) is 2.92. The van der Waals surface area contributed by atoms with Crippen LogP contribution in [0.2, 0.25) is 0 Å². The third-order valence-electron chi connectivity index (χ3n) is 4.55. The van der Waals surface area contributed by atoms with Crippen molar-refractivity contribution in [2.24, 2.45) is 5.92 Å². The maximum Gasteiger partial charge on any atom is 0.281 e. The molecule has 8 nitrogen and oxygen atoms in total. The minimum absolute atomic E-state index is 0.165. The molecule has 1 fully saturated rings. The lowest BCUT2D eigenvalue weighted by atomic mass is 9.98. The normalized spacial score (nSPS) is 18.5. The first kappa shape index (κ1) is 18.0. The summed E-state index contributed by atoms with van der Waals surface area (Å²) in [5.74, 6) is 1.33. The molecule has 0 aliphatic carbocycles. The molecule has 2 heterocycles. The Morgan fingerprint density at radius 3 is 2.60 bits per heavy atom. The number of piperidine rings is 1. The number of carbonyl (C=O) groups is 1. The first-order valence-corrected chi connectivity index (χ1v) is 9.63. The van der Waals surface area contributed by atoms with E-state index in [1.165, 1.54) is 22.7 Å². The Kier molecular flexibility index (Phi) is 5.16.